The van der Waals surface area contributed by atoms with Gasteiger partial charge in [-0.25, -0.2) is 9.79 Å². The van der Waals surface area contributed by atoms with Crippen LogP contribution in [-0.4, -0.2) is 36.0 Å². The third kappa shape index (κ3) is 4.76. The van der Waals surface area contributed by atoms with Crippen molar-refractivity contribution in [3.8, 4) is 17.2 Å². The average Bonchev–Trinajstić information content (AvgIpc) is 3.15. The number of hydrogen-bond acceptors (Lipinski definition) is 8. The van der Waals surface area contributed by atoms with Gasteiger partial charge in [0.2, 0.25) is 0 Å². The molecule has 8 nitrogen and oxygen atoms in total. The molecule has 36 heavy (non-hydrogen) atoms. The van der Waals surface area contributed by atoms with Crippen LogP contribution in [0.4, 0.5) is 0 Å². The van der Waals surface area contributed by atoms with Crippen molar-refractivity contribution < 1.29 is 24.1 Å². The second kappa shape index (κ2) is 10.6. The molecule has 2 aromatic carbocycles. The Balaban J connectivity index is 1.98. The summed E-state index contributed by atoms with van der Waals surface area (Å²) in [6.45, 7) is 5.87. The predicted octanol–water partition coefficient (Wildman–Crippen LogP) is 3.56. The van der Waals surface area contributed by atoms with Gasteiger partial charge in [0.05, 0.1) is 42.2 Å². The molecule has 3 aromatic rings. The first-order valence-corrected chi connectivity index (χ1v) is 12.5. The minimum Gasteiger partial charge on any atom is -0.507 e. The summed E-state index contributed by atoms with van der Waals surface area (Å²) >= 11 is 7.24. The molecule has 0 radical (unpaired) electrons. The number of phenols is 1. The molecule has 1 aliphatic rings. The number of esters is 1. The van der Waals surface area contributed by atoms with Gasteiger partial charge in [-0.05, 0) is 62.7 Å². The van der Waals surface area contributed by atoms with E-state index in [4.69, 9.17) is 25.8 Å². The van der Waals surface area contributed by atoms with Crippen molar-refractivity contribution in [1.29, 1.82) is 0 Å². The van der Waals surface area contributed by atoms with Crippen molar-refractivity contribution in [2.24, 2.45) is 4.99 Å². The first kappa shape index (κ1) is 25.5. The number of rotatable bonds is 7. The highest BCUT2D eigenvalue weighted by molar-refractivity contribution is 7.07. The predicted molar refractivity (Wildman–Crippen MR) is 138 cm³/mol. The van der Waals surface area contributed by atoms with Crippen molar-refractivity contribution in [1.82, 2.24) is 4.57 Å². The molecule has 0 bridgehead atoms. The second-order valence-electron chi connectivity index (χ2n) is 7.85. The summed E-state index contributed by atoms with van der Waals surface area (Å²) in [4.78, 5) is 31.7. The van der Waals surface area contributed by atoms with E-state index in [0.29, 0.717) is 49.3 Å². The van der Waals surface area contributed by atoms with E-state index in [0.717, 1.165) is 11.3 Å². The van der Waals surface area contributed by atoms with Crippen LogP contribution < -0.4 is 24.4 Å². The molecule has 0 fully saturated rings. The lowest BCUT2D eigenvalue weighted by Crippen LogP contribution is -2.40. The van der Waals surface area contributed by atoms with E-state index in [1.807, 2.05) is 6.92 Å². The Bertz CT molecular complexity index is 1540. The number of thiazole rings is 1. The van der Waals surface area contributed by atoms with Gasteiger partial charge < -0.3 is 19.3 Å². The van der Waals surface area contributed by atoms with Gasteiger partial charge in [-0.2, -0.15) is 0 Å². The van der Waals surface area contributed by atoms with Crippen molar-refractivity contribution in [3.63, 3.8) is 0 Å². The van der Waals surface area contributed by atoms with E-state index >= 15 is 0 Å². The van der Waals surface area contributed by atoms with E-state index in [2.05, 4.69) is 4.99 Å². The molecule has 1 aromatic heterocycles. The Morgan fingerprint density at radius 2 is 1.97 bits per heavy atom. The molecular weight excluding hydrogens is 504 g/mol. The lowest BCUT2D eigenvalue weighted by molar-refractivity contribution is -0.139. The van der Waals surface area contributed by atoms with Gasteiger partial charge >= 0.3 is 5.97 Å². The Hall–Kier alpha value is -3.56. The highest BCUT2D eigenvalue weighted by atomic mass is 35.5. The van der Waals surface area contributed by atoms with Crippen LogP contribution in [0.15, 0.2) is 57.5 Å². The highest BCUT2D eigenvalue weighted by Gasteiger charge is 2.34. The fraction of sp³-hybridized carbons (Fsp3) is 0.269. The molecular formula is C26H25ClN2O6S. The van der Waals surface area contributed by atoms with Crippen LogP contribution in [0.5, 0.6) is 17.2 Å². The van der Waals surface area contributed by atoms with E-state index in [-0.39, 0.29) is 23.5 Å². The Morgan fingerprint density at radius 1 is 1.19 bits per heavy atom. The largest absolute Gasteiger partial charge is 0.507 e. The van der Waals surface area contributed by atoms with Crippen LogP contribution in [0.25, 0.3) is 6.08 Å². The van der Waals surface area contributed by atoms with Crippen LogP contribution in [0, 0.1) is 0 Å². The monoisotopic (exact) mass is 528 g/mol. The Kier molecular flexibility index (Phi) is 7.51. The number of ether oxygens (including phenoxy) is 3. The number of fused-ring (bicyclic) bond motifs is 1. The molecule has 0 saturated heterocycles. The molecule has 188 valence electrons. The minimum absolute atomic E-state index is 0.0123. The van der Waals surface area contributed by atoms with Gasteiger partial charge in [-0.15, -0.1) is 0 Å². The van der Waals surface area contributed by atoms with Crippen molar-refractivity contribution in [3.05, 3.63) is 83.5 Å². The summed E-state index contributed by atoms with van der Waals surface area (Å²) in [5.74, 6) is 0.449. The number of aromatic hydroxyl groups is 1. The zero-order valence-electron chi connectivity index (χ0n) is 20.2. The zero-order valence-corrected chi connectivity index (χ0v) is 21.8. The summed E-state index contributed by atoms with van der Waals surface area (Å²) < 4.78 is 18.3. The number of carbonyl (C=O) groups is 1. The van der Waals surface area contributed by atoms with Crippen LogP contribution in [0.1, 0.15) is 37.9 Å². The maximum absolute atomic E-state index is 13.7. The zero-order chi connectivity index (χ0) is 26.0. The number of methoxy groups -OCH3 is 1. The van der Waals surface area contributed by atoms with Crippen LogP contribution in [-0.2, 0) is 9.53 Å². The topological polar surface area (TPSA) is 99.4 Å². The normalized spacial score (nSPS) is 15.4. The standard InChI is InChI=1S/C26H25ClN2O6S/c1-5-34-20-12-15(7-10-19(20)33-4)23-22(25(32)35-6-2)14(3)28-26-29(23)24(31)21(36-26)13-16-11-17(27)8-9-18(16)30/h7-13,23,30H,5-6H2,1-4H3/t23-/m0/s1. The van der Waals surface area contributed by atoms with E-state index in [1.54, 1.807) is 57.4 Å². The number of phenolic OH excluding ortho intramolecular Hbond substituents is 1. The SMILES string of the molecule is CCOC(=O)C1=C(C)N=c2sc(=Cc3cc(Cl)ccc3O)c(=O)n2[C@H]1c1ccc(OC)c(OCC)c1. The molecule has 1 N–H and O–H groups in total. The summed E-state index contributed by atoms with van der Waals surface area (Å²) in [6, 6.07) is 9.06. The molecule has 1 atom stereocenters. The molecule has 0 aliphatic carbocycles. The van der Waals surface area contributed by atoms with Crippen LogP contribution in [0.3, 0.4) is 0 Å². The van der Waals surface area contributed by atoms with Crippen molar-refractivity contribution in [2.75, 3.05) is 20.3 Å². The molecule has 0 saturated carbocycles. The number of hydrogen-bond donors (Lipinski definition) is 1. The lowest BCUT2D eigenvalue weighted by Gasteiger charge is -2.25. The van der Waals surface area contributed by atoms with Crippen molar-refractivity contribution >= 4 is 35.0 Å². The number of nitrogens with zero attached hydrogens (tertiary/aromatic N) is 2. The van der Waals surface area contributed by atoms with Gasteiger partial charge in [0.15, 0.2) is 16.3 Å². The van der Waals surface area contributed by atoms with Gasteiger partial charge in [0.25, 0.3) is 5.56 Å². The van der Waals surface area contributed by atoms with E-state index in [1.165, 1.54) is 10.6 Å². The maximum atomic E-state index is 13.7. The number of benzene rings is 2. The number of allylic oxidation sites excluding steroid dienone is 1. The number of halogens is 1. The Labute approximate surface area is 216 Å². The average molecular weight is 529 g/mol. The molecule has 2 heterocycles. The fourth-order valence-electron chi connectivity index (χ4n) is 4.02. The van der Waals surface area contributed by atoms with Gasteiger partial charge in [-0.1, -0.05) is 29.0 Å². The highest BCUT2D eigenvalue weighted by Crippen LogP contribution is 2.36. The first-order chi connectivity index (χ1) is 17.3. The number of aromatic nitrogens is 1. The number of carbonyl (C=O) groups excluding carboxylic acids is 1. The van der Waals surface area contributed by atoms with Crippen LogP contribution in [0.2, 0.25) is 5.02 Å². The minimum atomic E-state index is -0.805. The van der Waals surface area contributed by atoms with Gasteiger partial charge in [0.1, 0.15) is 5.75 Å². The summed E-state index contributed by atoms with van der Waals surface area (Å²) in [5, 5.41) is 10.7. The summed E-state index contributed by atoms with van der Waals surface area (Å²) in [5.41, 5.74) is 1.37. The molecule has 1 aliphatic heterocycles. The van der Waals surface area contributed by atoms with Gasteiger partial charge in [0, 0.05) is 10.6 Å². The van der Waals surface area contributed by atoms with Crippen molar-refractivity contribution in [2.45, 2.75) is 26.8 Å². The molecule has 0 spiro atoms. The maximum Gasteiger partial charge on any atom is 0.338 e. The quantitative estimate of drug-likeness (QED) is 0.471. The lowest BCUT2D eigenvalue weighted by atomic mass is 9.95. The molecule has 0 unspecified atom stereocenters. The van der Waals surface area contributed by atoms with Crippen LogP contribution >= 0.6 is 22.9 Å². The van der Waals surface area contributed by atoms with Gasteiger partial charge in [-0.3, -0.25) is 9.36 Å². The first-order valence-electron chi connectivity index (χ1n) is 11.3. The smallest absolute Gasteiger partial charge is 0.338 e. The summed E-state index contributed by atoms with van der Waals surface area (Å²) in [7, 11) is 1.54. The molecule has 10 heteroatoms. The van der Waals surface area contributed by atoms with E-state index < -0.39 is 12.0 Å². The molecule has 4 rings (SSSR count). The summed E-state index contributed by atoms with van der Waals surface area (Å²) in [6.07, 6.45) is 1.56. The fourth-order valence-corrected chi connectivity index (χ4v) is 5.24. The molecule has 0 amide bonds. The third-order valence-electron chi connectivity index (χ3n) is 5.60. The van der Waals surface area contributed by atoms with E-state index in [9.17, 15) is 14.7 Å². The third-order valence-corrected chi connectivity index (χ3v) is 6.81. The Morgan fingerprint density at radius 3 is 2.67 bits per heavy atom. The second-order valence-corrected chi connectivity index (χ2v) is 9.29.